The van der Waals surface area contributed by atoms with Crippen LogP contribution in [0.5, 0.6) is 5.75 Å². The maximum atomic E-state index is 11.7. The zero-order chi connectivity index (χ0) is 15.1. The highest BCUT2D eigenvalue weighted by Gasteiger charge is 2.05. The topological polar surface area (TPSA) is 67.0 Å². The number of nitrogens with one attached hydrogen (secondary N) is 2. The first kappa shape index (κ1) is 15.6. The van der Waals surface area contributed by atoms with Crippen LogP contribution in [-0.4, -0.2) is 29.0 Å². The molecule has 0 saturated heterocycles. The molecule has 0 aliphatic heterocycles. The molecule has 5 nitrogen and oxygen atoms in total. The van der Waals surface area contributed by atoms with Crippen LogP contribution in [0.15, 0.2) is 35.1 Å². The van der Waals surface area contributed by atoms with Crippen LogP contribution in [0.2, 0.25) is 0 Å². The fraction of sp³-hybridized carbons (Fsp3) is 0.333. The van der Waals surface area contributed by atoms with Crippen molar-refractivity contribution in [2.45, 2.75) is 19.8 Å². The zero-order valence-corrected chi connectivity index (χ0v) is 13.4. The molecule has 0 spiro atoms. The molecule has 112 valence electrons. The van der Waals surface area contributed by atoms with Crippen LogP contribution in [0, 0.1) is 6.92 Å². The highest BCUT2D eigenvalue weighted by Crippen LogP contribution is 2.25. The van der Waals surface area contributed by atoms with E-state index in [4.69, 9.17) is 4.74 Å². The molecule has 1 aromatic carbocycles. The van der Waals surface area contributed by atoms with Crippen molar-refractivity contribution in [3.05, 3.63) is 46.5 Å². The summed E-state index contributed by atoms with van der Waals surface area (Å²) in [7, 11) is 0. The smallest absolute Gasteiger partial charge is 0.257 e. The lowest BCUT2D eigenvalue weighted by molar-refractivity contribution is -0.123. The van der Waals surface area contributed by atoms with Gasteiger partial charge in [-0.25, -0.2) is 4.98 Å². The lowest BCUT2D eigenvalue weighted by atomic mass is 10.2. The van der Waals surface area contributed by atoms with Crippen molar-refractivity contribution in [3.63, 3.8) is 0 Å². The van der Waals surface area contributed by atoms with Gasteiger partial charge in [0.1, 0.15) is 11.6 Å². The monoisotopic (exact) mass is 351 g/mol. The number of halogens is 1. The van der Waals surface area contributed by atoms with Gasteiger partial charge in [0.2, 0.25) is 0 Å². The normalized spacial score (nSPS) is 10.4. The number of aromatic nitrogens is 2. The van der Waals surface area contributed by atoms with Crippen molar-refractivity contribution >= 4 is 21.8 Å². The summed E-state index contributed by atoms with van der Waals surface area (Å²) >= 11 is 3.42. The van der Waals surface area contributed by atoms with Gasteiger partial charge in [-0.15, -0.1) is 0 Å². The number of benzene rings is 1. The molecule has 6 heteroatoms. The molecule has 2 aromatic rings. The van der Waals surface area contributed by atoms with E-state index in [0.29, 0.717) is 12.3 Å². The highest BCUT2D eigenvalue weighted by atomic mass is 79.9. The molecule has 2 rings (SSSR count). The Morgan fingerprint density at radius 1 is 1.48 bits per heavy atom. The summed E-state index contributed by atoms with van der Waals surface area (Å²) in [6, 6.07) is 5.75. The van der Waals surface area contributed by atoms with Crippen LogP contribution in [0.1, 0.15) is 17.8 Å². The molecule has 1 amide bonds. The van der Waals surface area contributed by atoms with E-state index in [0.717, 1.165) is 28.7 Å². The number of hydrogen-bond acceptors (Lipinski definition) is 3. The molecule has 0 aliphatic carbocycles. The second-order valence-electron chi connectivity index (χ2n) is 4.71. The fourth-order valence-corrected chi connectivity index (χ4v) is 2.44. The third-order valence-corrected chi connectivity index (χ3v) is 3.53. The number of amides is 1. The number of rotatable bonds is 7. The van der Waals surface area contributed by atoms with Crippen molar-refractivity contribution in [2.24, 2.45) is 0 Å². The SMILES string of the molecule is Cc1ccc(OCC(=O)NCCCc2ncc[nH]2)c(Br)c1. The predicted molar refractivity (Wildman–Crippen MR) is 84.3 cm³/mol. The van der Waals surface area contributed by atoms with Crippen LogP contribution >= 0.6 is 15.9 Å². The van der Waals surface area contributed by atoms with Crippen molar-refractivity contribution < 1.29 is 9.53 Å². The Labute approximate surface area is 132 Å². The predicted octanol–water partition coefficient (Wildman–Crippen LogP) is 2.61. The van der Waals surface area contributed by atoms with E-state index in [-0.39, 0.29) is 12.5 Å². The second-order valence-corrected chi connectivity index (χ2v) is 5.57. The highest BCUT2D eigenvalue weighted by molar-refractivity contribution is 9.10. The van der Waals surface area contributed by atoms with Gasteiger partial charge in [0.15, 0.2) is 6.61 Å². The molecular weight excluding hydrogens is 334 g/mol. The summed E-state index contributed by atoms with van der Waals surface area (Å²) < 4.78 is 6.33. The van der Waals surface area contributed by atoms with Gasteiger partial charge in [-0.1, -0.05) is 6.07 Å². The number of ether oxygens (including phenoxy) is 1. The van der Waals surface area contributed by atoms with Crippen molar-refractivity contribution in [1.29, 1.82) is 0 Å². The number of aromatic amines is 1. The Balaban J connectivity index is 1.65. The third kappa shape index (κ3) is 5.23. The Bertz CT molecular complexity index is 585. The molecule has 0 unspecified atom stereocenters. The number of H-pyrrole nitrogens is 1. The van der Waals surface area contributed by atoms with E-state index < -0.39 is 0 Å². The first-order chi connectivity index (χ1) is 10.1. The zero-order valence-electron chi connectivity index (χ0n) is 11.9. The van der Waals surface area contributed by atoms with Crippen molar-refractivity contribution in [3.8, 4) is 5.75 Å². The van der Waals surface area contributed by atoms with Crippen molar-refractivity contribution in [2.75, 3.05) is 13.2 Å². The number of nitrogens with zero attached hydrogens (tertiary/aromatic N) is 1. The van der Waals surface area contributed by atoms with Crippen molar-refractivity contribution in [1.82, 2.24) is 15.3 Å². The van der Waals surface area contributed by atoms with Crippen LogP contribution in [0.3, 0.4) is 0 Å². The van der Waals surface area contributed by atoms with Gasteiger partial charge in [-0.3, -0.25) is 4.79 Å². The van der Waals surface area contributed by atoms with Gasteiger partial charge in [-0.2, -0.15) is 0 Å². The molecule has 21 heavy (non-hydrogen) atoms. The minimum Gasteiger partial charge on any atom is -0.483 e. The molecule has 1 aromatic heterocycles. The molecule has 0 aliphatic rings. The summed E-state index contributed by atoms with van der Waals surface area (Å²) in [6.07, 6.45) is 5.17. The van der Waals surface area contributed by atoms with Gasteiger partial charge in [-0.05, 0) is 47.0 Å². The quantitative estimate of drug-likeness (QED) is 0.753. The van der Waals surface area contributed by atoms with Crippen LogP contribution in [0.4, 0.5) is 0 Å². The average Bonchev–Trinajstić information content (AvgIpc) is 2.96. The van der Waals surface area contributed by atoms with Crippen LogP contribution in [0.25, 0.3) is 0 Å². The maximum absolute atomic E-state index is 11.7. The van der Waals surface area contributed by atoms with E-state index in [2.05, 4.69) is 31.2 Å². The van der Waals surface area contributed by atoms with E-state index in [1.807, 2.05) is 25.1 Å². The number of hydrogen-bond donors (Lipinski definition) is 2. The summed E-state index contributed by atoms with van der Waals surface area (Å²) in [4.78, 5) is 18.8. The molecule has 2 N–H and O–H groups in total. The Hall–Kier alpha value is -1.82. The van der Waals surface area contributed by atoms with E-state index in [1.54, 1.807) is 12.4 Å². The molecule has 0 fully saturated rings. The number of aryl methyl sites for hydroxylation is 2. The van der Waals surface area contributed by atoms with Gasteiger partial charge in [0, 0.05) is 25.4 Å². The molecule has 0 atom stereocenters. The van der Waals surface area contributed by atoms with Gasteiger partial charge in [0.05, 0.1) is 4.47 Å². The maximum Gasteiger partial charge on any atom is 0.257 e. The van der Waals surface area contributed by atoms with E-state index in [1.165, 1.54) is 0 Å². The number of imidazole rings is 1. The second kappa shape index (κ2) is 7.83. The first-order valence-corrected chi connectivity index (χ1v) is 7.58. The fourth-order valence-electron chi connectivity index (χ4n) is 1.84. The van der Waals surface area contributed by atoms with E-state index in [9.17, 15) is 4.79 Å². The molecule has 0 bridgehead atoms. The van der Waals surface area contributed by atoms with Crippen LogP contribution in [-0.2, 0) is 11.2 Å². The average molecular weight is 352 g/mol. The third-order valence-electron chi connectivity index (χ3n) is 2.91. The lowest BCUT2D eigenvalue weighted by Crippen LogP contribution is -2.30. The summed E-state index contributed by atoms with van der Waals surface area (Å²) in [5.74, 6) is 1.48. The molecular formula is C15H18BrN3O2. The molecule has 0 saturated carbocycles. The summed E-state index contributed by atoms with van der Waals surface area (Å²) in [5.41, 5.74) is 1.14. The standard InChI is InChI=1S/C15H18BrN3O2/c1-11-4-5-13(12(16)9-11)21-10-15(20)19-6-2-3-14-17-7-8-18-14/h4-5,7-9H,2-3,6,10H2,1H3,(H,17,18)(H,19,20). The molecule has 1 heterocycles. The Morgan fingerprint density at radius 2 is 2.33 bits per heavy atom. The molecule has 0 radical (unpaired) electrons. The Kier molecular flexibility index (Phi) is 5.80. The number of carbonyl (C=O) groups excluding carboxylic acids is 1. The minimum atomic E-state index is -0.123. The summed E-state index contributed by atoms with van der Waals surface area (Å²) in [5, 5.41) is 2.83. The number of carbonyl (C=O) groups is 1. The first-order valence-electron chi connectivity index (χ1n) is 6.79. The van der Waals surface area contributed by atoms with Gasteiger partial charge in [0.25, 0.3) is 5.91 Å². The summed E-state index contributed by atoms with van der Waals surface area (Å²) in [6.45, 7) is 2.63. The lowest BCUT2D eigenvalue weighted by Gasteiger charge is -2.09. The van der Waals surface area contributed by atoms with Gasteiger partial charge >= 0.3 is 0 Å². The van der Waals surface area contributed by atoms with Gasteiger partial charge < -0.3 is 15.0 Å². The Morgan fingerprint density at radius 3 is 3.05 bits per heavy atom. The largest absolute Gasteiger partial charge is 0.483 e. The van der Waals surface area contributed by atoms with Crippen LogP contribution < -0.4 is 10.1 Å². The minimum absolute atomic E-state index is 0.0163. The van der Waals surface area contributed by atoms with E-state index >= 15 is 0 Å².